The number of fused-ring (bicyclic) bond motifs is 1. The van der Waals surface area contributed by atoms with E-state index in [1.54, 1.807) is 17.3 Å². The van der Waals surface area contributed by atoms with Gasteiger partial charge in [0.15, 0.2) is 0 Å². The van der Waals surface area contributed by atoms with Crippen LogP contribution in [0.2, 0.25) is 0 Å². The van der Waals surface area contributed by atoms with Gasteiger partial charge in [0.05, 0.1) is 11.4 Å². The van der Waals surface area contributed by atoms with Crippen LogP contribution in [0.1, 0.15) is 5.56 Å². The molecule has 3 heteroatoms. The van der Waals surface area contributed by atoms with E-state index >= 15 is 0 Å². The molecule has 1 heterocycles. The number of para-hydroxylation sites is 1. The predicted molar refractivity (Wildman–Crippen MR) is 78.9 cm³/mol. The van der Waals surface area contributed by atoms with Gasteiger partial charge in [0.25, 0.3) is 0 Å². The van der Waals surface area contributed by atoms with E-state index < -0.39 is 0 Å². The zero-order valence-corrected chi connectivity index (χ0v) is 11.1. The minimum atomic E-state index is 0.939. The molecule has 2 aromatic rings. The van der Waals surface area contributed by atoms with Gasteiger partial charge in [-0.3, -0.25) is 0 Å². The lowest BCUT2D eigenvalue weighted by atomic mass is 10.1. The van der Waals surface area contributed by atoms with Crippen molar-refractivity contribution in [1.29, 1.82) is 0 Å². The summed E-state index contributed by atoms with van der Waals surface area (Å²) in [5, 5.41) is 0. The Bertz CT molecular complexity index is 632. The summed E-state index contributed by atoms with van der Waals surface area (Å²) < 4.78 is 0. The van der Waals surface area contributed by atoms with Crippen LogP contribution in [0.5, 0.6) is 0 Å². The van der Waals surface area contributed by atoms with Gasteiger partial charge in [-0.1, -0.05) is 65.8 Å². The van der Waals surface area contributed by atoms with Crippen molar-refractivity contribution < 1.29 is 0 Å². The van der Waals surface area contributed by atoms with E-state index in [4.69, 9.17) is 16.6 Å². The Hall–Kier alpha value is -1.51. The van der Waals surface area contributed by atoms with E-state index in [0.29, 0.717) is 0 Å². The Balaban J connectivity index is 2.16. The smallest absolute Gasteiger partial charge is 0.0857 e. The fourth-order valence-corrected chi connectivity index (χ4v) is 3.00. The second-order valence-corrected chi connectivity index (χ2v) is 5.17. The largest absolute Gasteiger partial charge is 0.246 e. The van der Waals surface area contributed by atoms with Crippen molar-refractivity contribution in [3.8, 4) is 0 Å². The monoisotopic (exact) mass is 271 g/mol. The lowest BCUT2D eigenvalue weighted by molar-refractivity contribution is 1.36. The minimum Gasteiger partial charge on any atom is -0.246 e. The SMILES string of the molecule is Cl/C=C1/Sc2ccccc2N=C1c1ccccc1. The number of thioether (sulfide) groups is 1. The number of hydrogen-bond donors (Lipinski definition) is 0. The Morgan fingerprint density at radius 1 is 0.944 bits per heavy atom. The average Bonchev–Trinajstić information content (AvgIpc) is 2.46. The molecule has 0 saturated heterocycles. The molecule has 0 N–H and O–H groups in total. The molecule has 0 atom stereocenters. The summed E-state index contributed by atoms with van der Waals surface area (Å²) in [5.74, 6) is 0. The molecule has 0 aliphatic carbocycles. The molecule has 3 rings (SSSR count). The molecule has 0 amide bonds. The number of nitrogens with zero attached hydrogens (tertiary/aromatic N) is 1. The third-order valence-electron chi connectivity index (χ3n) is 2.70. The number of hydrogen-bond acceptors (Lipinski definition) is 2. The first kappa shape index (κ1) is 11.6. The summed E-state index contributed by atoms with van der Waals surface area (Å²) in [7, 11) is 0. The van der Waals surface area contributed by atoms with Gasteiger partial charge in [0, 0.05) is 20.9 Å². The number of allylic oxidation sites excluding steroid dienone is 1. The average molecular weight is 272 g/mol. The Labute approximate surface area is 115 Å². The minimum absolute atomic E-state index is 0.939. The van der Waals surface area contributed by atoms with Crippen molar-refractivity contribution in [3.63, 3.8) is 0 Å². The van der Waals surface area contributed by atoms with E-state index in [2.05, 4.69) is 6.07 Å². The summed E-state index contributed by atoms with van der Waals surface area (Å²) in [6.45, 7) is 0. The van der Waals surface area contributed by atoms with Crippen LogP contribution in [0.4, 0.5) is 5.69 Å². The maximum Gasteiger partial charge on any atom is 0.0857 e. The molecule has 0 radical (unpaired) electrons. The topological polar surface area (TPSA) is 12.4 Å². The molecule has 18 heavy (non-hydrogen) atoms. The zero-order valence-electron chi connectivity index (χ0n) is 9.51. The van der Waals surface area contributed by atoms with E-state index in [1.807, 2.05) is 48.5 Å². The maximum absolute atomic E-state index is 5.93. The van der Waals surface area contributed by atoms with Gasteiger partial charge in [0.1, 0.15) is 0 Å². The molecule has 0 unspecified atom stereocenters. The molecular weight excluding hydrogens is 262 g/mol. The summed E-state index contributed by atoms with van der Waals surface area (Å²) in [5.41, 5.74) is 4.64. The van der Waals surface area contributed by atoms with Gasteiger partial charge in [-0.25, -0.2) is 4.99 Å². The third kappa shape index (κ3) is 2.09. The lowest BCUT2D eigenvalue weighted by Crippen LogP contribution is -2.05. The van der Waals surface area contributed by atoms with E-state index in [1.165, 1.54) is 0 Å². The normalized spacial score (nSPS) is 16.3. The van der Waals surface area contributed by atoms with Crippen molar-refractivity contribution in [2.75, 3.05) is 0 Å². The molecule has 0 bridgehead atoms. The van der Waals surface area contributed by atoms with E-state index in [9.17, 15) is 0 Å². The first-order chi connectivity index (χ1) is 8.88. The Morgan fingerprint density at radius 2 is 1.67 bits per heavy atom. The quantitative estimate of drug-likeness (QED) is 0.711. The molecule has 1 aliphatic heterocycles. The molecule has 1 aliphatic rings. The zero-order chi connectivity index (χ0) is 12.4. The Kier molecular flexibility index (Phi) is 3.22. The highest BCUT2D eigenvalue weighted by atomic mass is 35.5. The third-order valence-corrected chi connectivity index (χ3v) is 4.14. The van der Waals surface area contributed by atoms with Crippen molar-refractivity contribution in [2.45, 2.75) is 4.90 Å². The summed E-state index contributed by atoms with van der Waals surface area (Å²) in [6.07, 6.45) is 0. The van der Waals surface area contributed by atoms with Gasteiger partial charge in [-0.05, 0) is 12.1 Å². The van der Waals surface area contributed by atoms with Gasteiger partial charge in [-0.2, -0.15) is 0 Å². The van der Waals surface area contributed by atoms with E-state index in [-0.39, 0.29) is 0 Å². The first-order valence-electron chi connectivity index (χ1n) is 5.60. The molecule has 1 nitrogen and oxygen atoms in total. The highest BCUT2D eigenvalue weighted by Crippen LogP contribution is 2.41. The van der Waals surface area contributed by atoms with Crippen molar-refractivity contribution in [2.24, 2.45) is 4.99 Å². The molecule has 2 aromatic carbocycles. The van der Waals surface area contributed by atoms with Crippen molar-refractivity contribution >= 4 is 34.8 Å². The summed E-state index contributed by atoms with van der Waals surface area (Å²) in [6, 6.07) is 18.2. The van der Waals surface area contributed by atoms with Gasteiger partial charge in [-0.15, -0.1) is 0 Å². The summed E-state index contributed by atoms with van der Waals surface area (Å²) >= 11 is 7.59. The van der Waals surface area contributed by atoms with Gasteiger partial charge in [0.2, 0.25) is 0 Å². The number of aliphatic imine (C=N–C) groups is 1. The molecule has 0 fully saturated rings. The predicted octanol–water partition coefficient (Wildman–Crippen LogP) is 4.99. The Morgan fingerprint density at radius 3 is 2.44 bits per heavy atom. The highest BCUT2D eigenvalue weighted by molar-refractivity contribution is 8.04. The van der Waals surface area contributed by atoms with Gasteiger partial charge < -0.3 is 0 Å². The van der Waals surface area contributed by atoms with Crippen LogP contribution in [0.3, 0.4) is 0 Å². The van der Waals surface area contributed by atoms with E-state index in [0.717, 1.165) is 26.8 Å². The van der Waals surface area contributed by atoms with Crippen LogP contribution in [-0.4, -0.2) is 5.71 Å². The van der Waals surface area contributed by atoms with Gasteiger partial charge >= 0.3 is 0 Å². The molecule has 0 aromatic heterocycles. The van der Waals surface area contributed by atoms with Crippen LogP contribution >= 0.6 is 23.4 Å². The molecular formula is C15H10ClNS. The van der Waals surface area contributed by atoms with Crippen LogP contribution in [0, 0.1) is 0 Å². The van der Waals surface area contributed by atoms with Crippen LogP contribution in [0.25, 0.3) is 0 Å². The second-order valence-electron chi connectivity index (χ2n) is 3.87. The van der Waals surface area contributed by atoms with Crippen molar-refractivity contribution in [3.05, 3.63) is 70.6 Å². The molecule has 0 spiro atoms. The van der Waals surface area contributed by atoms with Crippen LogP contribution in [0.15, 0.2) is 74.9 Å². The number of benzene rings is 2. The van der Waals surface area contributed by atoms with Crippen LogP contribution < -0.4 is 0 Å². The maximum atomic E-state index is 5.93. The highest BCUT2D eigenvalue weighted by Gasteiger charge is 2.18. The lowest BCUT2D eigenvalue weighted by Gasteiger charge is -2.17. The van der Waals surface area contributed by atoms with Crippen molar-refractivity contribution in [1.82, 2.24) is 0 Å². The standard InChI is InChI=1S/C15H10ClNS/c16-10-14-15(11-6-2-1-3-7-11)17-12-8-4-5-9-13(12)18-14/h1-10H/b14-10+. The van der Waals surface area contributed by atoms with Crippen LogP contribution in [-0.2, 0) is 0 Å². The fourth-order valence-electron chi connectivity index (χ4n) is 1.85. The fraction of sp³-hybridized carbons (Fsp3) is 0. The number of halogens is 1. The molecule has 0 saturated carbocycles. The number of rotatable bonds is 1. The molecule has 88 valence electrons. The second kappa shape index (κ2) is 5.01. The summed E-state index contributed by atoms with van der Waals surface area (Å²) in [4.78, 5) is 6.84. The first-order valence-corrected chi connectivity index (χ1v) is 6.85.